The molecule has 0 bridgehead atoms. The van der Waals surface area contributed by atoms with Crippen LogP contribution in [0.25, 0.3) is 10.9 Å². The summed E-state index contributed by atoms with van der Waals surface area (Å²) in [4.78, 5) is 11.5. The van der Waals surface area contributed by atoms with Gasteiger partial charge in [0.15, 0.2) is 5.96 Å². The Bertz CT molecular complexity index is 860. The number of hydrogen-bond acceptors (Lipinski definition) is 2. The average molecular weight is 335 g/mol. The SMILES string of the molecule is CCNC(=NCc1cccc2cccnc12)N(C)Cc1cccn1C. The zero-order valence-electron chi connectivity index (χ0n) is 15.1. The molecule has 5 heteroatoms. The number of fused-ring (bicyclic) bond motifs is 1. The van der Waals surface area contributed by atoms with E-state index in [-0.39, 0.29) is 0 Å². The molecule has 130 valence electrons. The summed E-state index contributed by atoms with van der Waals surface area (Å²) in [6, 6.07) is 14.5. The van der Waals surface area contributed by atoms with Crippen LogP contribution in [0.5, 0.6) is 0 Å². The van der Waals surface area contributed by atoms with E-state index in [9.17, 15) is 0 Å². The highest BCUT2D eigenvalue weighted by Crippen LogP contribution is 2.16. The van der Waals surface area contributed by atoms with E-state index in [1.165, 1.54) is 5.69 Å². The molecule has 1 N–H and O–H groups in total. The molecule has 0 aliphatic carbocycles. The summed E-state index contributed by atoms with van der Waals surface area (Å²) in [6.07, 6.45) is 3.90. The van der Waals surface area contributed by atoms with Crippen molar-refractivity contribution in [2.75, 3.05) is 13.6 Å². The summed E-state index contributed by atoms with van der Waals surface area (Å²) in [5, 5.41) is 4.53. The standard InChI is InChI=1S/C20H25N5/c1-4-21-20(25(3)15-18-11-7-13-24(18)2)23-14-17-9-5-8-16-10-6-12-22-19(16)17/h5-13H,4,14-15H2,1-3H3,(H,21,23). The highest BCUT2D eigenvalue weighted by Gasteiger charge is 2.09. The fourth-order valence-corrected chi connectivity index (χ4v) is 2.90. The van der Waals surface area contributed by atoms with Crippen molar-refractivity contribution in [3.63, 3.8) is 0 Å². The van der Waals surface area contributed by atoms with Crippen molar-refractivity contribution < 1.29 is 0 Å². The monoisotopic (exact) mass is 335 g/mol. The predicted octanol–water partition coefficient (Wildman–Crippen LogP) is 3.17. The maximum absolute atomic E-state index is 4.83. The van der Waals surface area contributed by atoms with Gasteiger partial charge in [-0.3, -0.25) is 4.98 Å². The highest BCUT2D eigenvalue weighted by molar-refractivity contribution is 5.83. The molecule has 0 saturated heterocycles. The van der Waals surface area contributed by atoms with Crippen LogP contribution in [0.1, 0.15) is 18.2 Å². The van der Waals surface area contributed by atoms with Gasteiger partial charge in [0.2, 0.25) is 0 Å². The Balaban J connectivity index is 1.80. The molecular weight excluding hydrogens is 310 g/mol. The van der Waals surface area contributed by atoms with E-state index >= 15 is 0 Å². The van der Waals surface area contributed by atoms with E-state index in [1.54, 1.807) is 0 Å². The molecule has 2 aromatic heterocycles. The van der Waals surface area contributed by atoms with Gasteiger partial charge in [-0.05, 0) is 30.7 Å². The van der Waals surface area contributed by atoms with E-state index in [2.05, 4.69) is 83.4 Å². The van der Waals surface area contributed by atoms with Crippen molar-refractivity contribution in [1.82, 2.24) is 19.8 Å². The number of aryl methyl sites for hydroxylation is 1. The molecule has 0 aliphatic rings. The topological polar surface area (TPSA) is 45.5 Å². The molecular formula is C20H25N5. The molecule has 25 heavy (non-hydrogen) atoms. The molecule has 1 aromatic carbocycles. The second-order valence-electron chi connectivity index (χ2n) is 6.13. The first-order chi connectivity index (χ1) is 12.2. The number of nitrogens with one attached hydrogen (secondary N) is 1. The van der Waals surface area contributed by atoms with Crippen LogP contribution in [-0.2, 0) is 20.1 Å². The maximum atomic E-state index is 4.83. The molecule has 0 amide bonds. The number of hydrogen-bond donors (Lipinski definition) is 1. The van der Waals surface area contributed by atoms with Gasteiger partial charge >= 0.3 is 0 Å². The van der Waals surface area contributed by atoms with Crippen LogP contribution in [0, 0.1) is 0 Å². The minimum Gasteiger partial charge on any atom is -0.357 e. The number of guanidine groups is 1. The summed E-state index contributed by atoms with van der Waals surface area (Å²) < 4.78 is 2.13. The number of nitrogens with zero attached hydrogens (tertiary/aromatic N) is 4. The Morgan fingerprint density at radius 2 is 2.04 bits per heavy atom. The lowest BCUT2D eigenvalue weighted by Gasteiger charge is -2.22. The number of para-hydroxylation sites is 1. The normalized spacial score (nSPS) is 11.7. The maximum Gasteiger partial charge on any atom is 0.194 e. The molecule has 0 spiro atoms. The third-order valence-corrected chi connectivity index (χ3v) is 4.26. The van der Waals surface area contributed by atoms with Gasteiger partial charge in [-0.1, -0.05) is 24.3 Å². The molecule has 0 atom stereocenters. The number of rotatable bonds is 5. The van der Waals surface area contributed by atoms with E-state index in [4.69, 9.17) is 4.99 Å². The van der Waals surface area contributed by atoms with Gasteiger partial charge in [-0.25, -0.2) is 4.99 Å². The lowest BCUT2D eigenvalue weighted by molar-refractivity contribution is 0.462. The molecule has 0 unspecified atom stereocenters. The lowest BCUT2D eigenvalue weighted by atomic mass is 10.1. The van der Waals surface area contributed by atoms with Gasteiger partial charge < -0.3 is 14.8 Å². The summed E-state index contributed by atoms with van der Waals surface area (Å²) in [5.74, 6) is 0.900. The Labute approximate surface area is 149 Å². The number of aromatic nitrogens is 2. The van der Waals surface area contributed by atoms with Gasteiger partial charge in [-0.15, -0.1) is 0 Å². The van der Waals surface area contributed by atoms with Crippen molar-refractivity contribution in [1.29, 1.82) is 0 Å². The zero-order chi connectivity index (χ0) is 17.6. The summed E-state index contributed by atoms with van der Waals surface area (Å²) in [7, 11) is 4.13. The van der Waals surface area contributed by atoms with Crippen molar-refractivity contribution in [2.24, 2.45) is 12.0 Å². The quantitative estimate of drug-likeness (QED) is 0.575. The van der Waals surface area contributed by atoms with Crippen LogP contribution < -0.4 is 5.32 Å². The fourth-order valence-electron chi connectivity index (χ4n) is 2.90. The molecule has 0 fully saturated rings. The molecule has 0 aliphatic heterocycles. The smallest absolute Gasteiger partial charge is 0.194 e. The molecule has 3 aromatic rings. The van der Waals surface area contributed by atoms with Gasteiger partial charge in [0, 0.05) is 44.1 Å². The third-order valence-electron chi connectivity index (χ3n) is 4.26. The van der Waals surface area contributed by atoms with Crippen LogP contribution in [0.3, 0.4) is 0 Å². The second-order valence-corrected chi connectivity index (χ2v) is 6.13. The van der Waals surface area contributed by atoms with Crippen molar-refractivity contribution in [3.05, 3.63) is 66.1 Å². The fraction of sp³-hybridized carbons (Fsp3) is 0.300. The Kier molecular flexibility index (Phi) is 5.33. The van der Waals surface area contributed by atoms with Crippen LogP contribution >= 0.6 is 0 Å². The second kappa shape index (κ2) is 7.83. The Morgan fingerprint density at radius 3 is 2.80 bits per heavy atom. The van der Waals surface area contributed by atoms with E-state index < -0.39 is 0 Å². The highest BCUT2D eigenvalue weighted by atomic mass is 15.3. The van der Waals surface area contributed by atoms with Crippen molar-refractivity contribution >= 4 is 16.9 Å². The van der Waals surface area contributed by atoms with E-state index in [0.717, 1.165) is 35.5 Å². The van der Waals surface area contributed by atoms with Crippen LogP contribution in [0.15, 0.2) is 59.9 Å². The summed E-state index contributed by atoms with van der Waals surface area (Å²) in [6.45, 7) is 4.34. The molecule has 5 nitrogen and oxygen atoms in total. The first-order valence-corrected chi connectivity index (χ1v) is 8.61. The minimum absolute atomic E-state index is 0.605. The van der Waals surface area contributed by atoms with Crippen LogP contribution in [-0.4, -0.2) is 34.0 Å². The van der Waals surface area contributed by atoms with Gasteiger partial charge in [0.05, 0.1) is 18.6 Å². The van der Waals surface area contributed by atoms with Gasteiger partial charge in [0.1, 0.15) is 0 Å². The Morgan fingerprint density at radius 1 is 1.20 bits per heavy atom. The molecule has 3 rings (SSSR count). The van der Waals surface area contributed by atoms with E-state index in [0.29, 0.717) is 6.54 Å². The summed E-state index contributed by atoms with van der Waals surface area (Å²) >= 11 is 0. The largest absolute Gasteiger partial charge is 0.357 e. The van der Waals surface area contributed by atoms with Crippen LogP contribution in [0.2, 0.25) is 0 Å². The van der Waals surface area contributed by atoms with Crippen molar-refractivity contribution in [3.8, 4) is 0 Å². The molecule has 0 saturated carbocycles. The predicted molar refractivity (Wildman–Crippen MR) is 103 cm³/mol. The lowest BCUT2D eigenvalue weighted by Crippen LogP contribution is -2.38. The number of benzene rings is 1. The van der Waals surface area contributed by atoms with E-state index in [1.807, 2.05) is 12.3 Å². The Hall–Kier alpha value is -2.82. The minimum atomic E-state index is 0.605. The van der Waals surface area contributed by atoms with Gasteiger partial charge in [-0.2, -0.15) is 0 Å². The summed E-state index contributed by atoms with van der Waals surface area (Å²) in [5.41, 5.74) is 3.41. The van der Waals surface area contributed by atoms with Gasteiger partial charge in [0.25, 0.3) is 0 Å². The van der Waals surface area contributed by atoms with Crippen LogP contribution in [0.4, 0.5) is 0 Å². The molecule has 0 radical (unpaired) electrons. The average Bonchev–Trinajstić information content (AvgIpc) is 3.03. The molecule has 2 heterocycles. The third kappa shape index (κ3) is 3.99. The van der Waals surface area contributed by atoms with Crippen molar-refractivity contribution in [2.45, 2.75) is 20.0 Å². The zero-order valence-corrected chi connectivity index (χ0v) is 15.1. The number of pyridine rings is 1. The number of aliphatic imine (C=N–C) groups is 1. The first kappa shape index (κ1) is 17.0. The first-order valence-electron chi connectivity index (χ1n) is 8.61.